The number of aliphatic hydroxyl groups is 1. The Morgan fingerprint density at radius 2 is 1.85 bits per heavy atom. The first-order valence-electron chi connectivity index (χ1n) is 10.4. The number of fused-ring (bicyclic) bond motifs is 5. The molecule has 6 atom stereocenters. The van der Waals surface area contributed by atoms with Gasteiger partial charge in [0, 0.05) is 12.8 Å². The number of ketones is 1. The number of aliphatic carboxylic acids is 1. The van der Waals surface area contributed by atoms with E-state index < -0.39 is 11.6 Å². The molecule has 4 rings (SSSR count). The van der Waals surface area contributed by atoms with Crippen LogP contribution in [0.3, 0.4) is 0 Å². The van der Waals surface area contributed by atoms with Crippen LogP contribution in [0.15, 0.2) is 11.6 Å². The summed E-state index contributed by atoms with van der Waals surface area (Å²) >= 11 is 0. The summed E-state index contributed by atoms with van der Waals surface area (Å²) in [6.07, 6.45) is 9.98. The van der Waals surface area contributed by atoms with Gasteiger partial charge in [-0.25, -0.2) is 0 Å². The van der Waals surface area contributed by atoms with Crippen molar-refractivity contribution in [3.63, 3.8) is 0 Å². The first-order chi connectivity index (χ1) is 12.2. The molecule has 6 unspecified atom stereocenters. The van der Waals surface area contributed by atoms with E-state index in [0.29, 0.717) is 36.4 Å². The molecule has 0 heterocycles. The molecule has 0 amide bonds. The maximum Gasteiger partial charge on any atom is 0.303 e. The molecule has 0 spiro atoms. The lowest BCUT2D eigenvalue weighted by atomic mass is 9.46. The highest BCUT2D eigenvalue weighted by atomic mass is 16.4. The molecule has 0 aliphatic heterocycles. The van der Waals surface area contributed by atoms with Gasteiger partial charge >= 0.3 is 5.97 Å². The molecule has 0 saturated heterocycles. The van der Waals surface area contributed by atoms with Crippen LogP contribution in [0.2, 0.25) is 0 Å². The maximum atomic E-state index is 11.9. The van der Waals surface area contributed by atoms with Crippen molar-refractivity contribution < 1.29 is 19.8 Å². The summed E-state index contributed by atoms with van der Waals surface area (Å²) in [7, 11) is 0. The van der Waals surface area contributed by atoms with Crippen molar-refractivity contribution >= 4 is 11.8 Å². The molecule has 0 radical (unpaired) electrons. The molecular weight excluding hydrogens is 328 g/mol. The van der Waals surface area contributed by atoms with Crippen LogP contribution in [0.4, 0.5) is 0 Å². The summed E-state index contributed by atoms with van der Waals surface area (Å²) in [4.78, 5) is 23.0. The molecule has 0 aromatic carbocycles. The van der Waals surface area contributed by atoms with Crippen LogP contribution in [0.1, 0.15) is 78.1 Å². The fourth-order valence-electron chi connectivity index (χ4n) is 7.39. The van der Waals surface area contributed by atoms with Gasteiger partial charge in [0.15, 0.2) is 5.78 Å². The largest absolute Gasteiger partial charge is 0.481 e. The van der Waals surface area contributed by atoms with Crippen LogP contribution in [0.5, 0.6) is 0 Å². The molecule has 4 aliphatic rings. The van der Waals surface area contributed by atoms with E-state index in [1.54, 1.807) is 0 Å². The van der Waals surface area contributed by atoms with Gasteiger partial charge in [-0.05, 0) is 86.0 Å². The Morgan fingerprint density at radius 3 is 2.58 bits per heavy atom. The van der Waals surface area contributed by atoms with E-state index >= 15 is 0 Å². The molecule has 2 N–H and O–H groups in total. The van der Waals surface area contributed by atoms with Gasteiger partial charge in [0.1, 0.15) is 0 Å². The van der Waals surface area contributed by atoms with E-state index in [2.05, 4.69) is 13.8 Å². The second kappa shape index (κ2) is 5.92. The molecule has 144 valence electrons. The second-order valence-electron chi connectivity index (χ2n) is 9.89. The predicted molar refractivity (Wildman–Crippen MR) is 98.5 cm³/mol. The van der Waals surface area contributed by atoms with E-state index in [4.69, 9.17) is 5.11 Å². The monoisotopic (exact) mass is 360 g/mol. The second-order valence-corrected chi connectivity index (χ2v) is 9.89. The van der Waals surface area contributed by atoms with Gasteiger partial charge in [0.25, 0.3) is 0 Å². The topological polar surface area (TPSA) is 74.6 Å². The lowest BCUT2D eigenvalue weighted by Gasteiger charge is -2.59. The zero-order chi connectivity index (χ0) is 18.7. The van der Waals surface area contributed by atoms with E-state index in [0.717, 1.165) is 44.9 Å². The Labute approximate surface area is 156 Å². The Balaban J connectivity index is 1.61. The zero-order valence-corrected chi connectivity index (χ0v) is 16.1. The standard InChI is InChI=1S/C22H32O4/c1-20-9-5-15(23)13-14(20)3-4-16-17(20)6-10-21(2)18(16)7-11-22(21,26)12-8-19(24)25/h13,16-18,26H,3-12H2,1-2H3,(H,24,25). The van der Waals surface area contributed by atoms with E-state index in [1.165, 1.54) is 5.57 Å². The van der Waals surface area contributed by atoms with Crippen molar-refractivity contribution in [1.29, 1.82) is 0 Å². The lowest BCUT2D eigenvalue weighted by Crippen LogP contribution is -2.54. The average molecular weight is 360 g/mol. The quantitative estimate of drug-likeness (QED) is 0.794. The van der Waals surface area contributed by atoms with Crippen molar-refractivity contribution in [1.82, 2.24) is 0 Å². The molecule has 26 heavy (non-hydrogen) atoms. The number of hydrogen-bond donors (Lipinski definition) is 2. The maximum absolute atomic E-state index is 11.9. The Hall–Kier alpha value is -1.16. The average Bonchev–Trinajstić information content (AvgIpc) is 2.86. The van der Waals surface area contributed by atoms with E-state index in [-0.39, 0.29) is 17.3 Å². The van der Waals surface area contributed by atoms with Gasteiger partial charge in [-0.15, -0.1) is 0 Å². The van der Waals surface area contributed by atoms with Gasteiger partial charge in [-0.3, -0.25) is 9.59 Å². The molecule has 0 aromatic rings. The van der Waals surface area contributed by atoms with Crippen LogP contribution in [-0.2, 0) is 9.59 Å². The SMILES string of the molecule is CC12CCC(=O)C=C1CCC1C2CCC2(C)C1CCC2(O)CCC(=O)O. The van der Waals surface area contributed by atoms with E-state index in [9.17, 15) is 14.7 Å². The third-order valence-corrected chi connectivity index (χ3v) is 9.04. The number of carbonyl (C=O) groups excluding carboxylic acids is 1. The van der Waals surface area contributed by atoms with Gasteiger partial charge in [-0.1, -0.05) is 19.4 Å². The number of rotatable bonds is 3. The van der Waals surface area contributed by atoms with Crippen molar-refractivity contribution in [2.24, 2.45) is 28.6 Å². The third-order valence-electron chi connectivity index (χ3n) is 9.04. The molecule has 3 saturated carbocycles. The molecule has 3 fully saturated rings. The summed E-state index contributed by atoms with van der Waals surface area (Å²) in [5, 5.41) is 20.5. The molecular formula is C22H32O4. The highest BCUT2D eigenvalue weighted by molar-refractivity contribution is 5.91. The predicted octanol–water partition coefficient (Wildman–Crippen LogP) is 4.11. The Bertz CT molecular complexity index is 667. The number of carboxylic acid groups (broad SMARTS) is 1. The highest BCUT2D eigenvalue weighted by Gasteiger charge is 2.63. The molecule has 4 heteroatoms. The first kappa shape index (κ1) is 18.2. The molecule has 4 nitrogen and oxygen atoms in total. The van der Waals surface area contributed by atoms with Crippen molar-refractivity contribution in [2.75, 3.05) is 0 Å². The molecule has 0 aromatic heterocycles. The minimum atomic E-state index is -0.833. The number of hydrogen-bond acceptors (Lipinski definition) is 3. The van der Waals surface area contributed by atoms with Crippen molar-refractivity contribution in [3.8, 4) is 0 Å². The number of carbonyl (C=O) groups is 2. The zero-order valence-electron chi connectivity index (χ0n) is 16.1. The Morgan fingerprint density at radius 1 is 1.12 bits per heavy atom. The Kier molecular flexibility index (Phi) is 4.15. The van der Waals surface area contributed by atoms with Crippen molar-refractivity contribution in [2.45, 2.75) is 83.7 Å². The van der Waals surface area contributed by atoms with Gasteiger partial charge in [0.05, 0.1) is 5.60 Å². The number of allylic oxidation sites excluding steroid dienone is 1. The van der Waals surface area contributed by atoms with E-state index in [1.807, 2.05) is 6.08 Å². The lowest BCUT2D eigenvalue weighted by molar-refractivity contribution is -0.147. The van der Waals surface area contributed by atoms with Gasteiger partial charge < -0.3 is 10.2 Å². The molecule has 4 aliphatic carbocycles. The van der Waals surface area contributed by atoms with Crippen LogP contribution >= 0.6 is 0 Å². The summed E-state index contributed by atoms with van der Waals surface area (Å²) in [5.74, 6) is 1.17. The summed E-state index contributed by atoms with van der Waals surface area (Å²) < 4.78 is 0. The minimum Gasteiger partial charge on any atom is -0.481 e. The van der Waals surface area contributed by atoms with Crippen LogP contribution in [0.25, 0.3) is 0 Å². The third kappa shape index (κ3) is 2.44. The van der Waals surface area contributed by atoms with Crippen LogP contribution in [0, 0.1) is 28.6 Å². The van der Waals surface area contributed by atoms with Crippen LogP contribution in [-0.4, -0.2) is 27.6 Å². The summed E-state index contributed by atoms with van der Waals surface area (Å²) in [6, 6.07) is 0. The normalized spacial score (nSPS) is 47.6. The fourth-order valence-corrected chi connectivity index (χ4v) is 7.39. The van der Waals surface area contributed by atoms with Crippen molar-refractivity contribution in [3.05, 3.63) is 11.6 Å². The van der Waals surface area contributed by atoms with Gasteiger partial charge in [-0.2, -0.15) is 0 Å². The highest BCUT2D eigenvalue weighted by Crippen LogP contribution is 2.68. The summed E-state index contributed by atoms with van der Waals surface area (Å²) in [5.41, 5.74) is 0.532. The molecule has 0 bridgehead atoms. The summed E-state index contributed by atoms with van der Waals surface area (Å²) in [6.45, 7) is 4.59. The minimum absolute atomic E-state index is 0.0552. The van der Waals surface area contributed by atoms with Gasteiger partial charge in [0.2, 0.25) is 0 Å². The van der Waals surface area contributed by atoms with Crippen LogP contribution < -0.4 is 0 Å². The number of carboxylic acids is 1. The smallest absolute Gasteiger partial charge is 0.303 e. The fraction of sp³-hybridized carbons (Fsp3) is 0.818. The first-order valence-corrected chi connectivity index (χ1v) is 10.4.